The standard InChI is InChI=1S/C17H19NO4/c1-9-3-4-11(19)14-13(9)16-7-8-18-10(2)17(16,21)6-5-12(20)15(16)22-14/h3-6,10,15,18-19,21H,7-8H2,1-2H3/t10-,15+,16+,17-/m1/s1. The van der Waals surface area contributed by atoms with Crippen LogP contribution in [-0.4, -0.2) is 40.3 Å². The Morgan fingerprint density at radius 2 is 2.18 bits per heavy atom. The van der Waals surface area contributed by atoms with Gasteiger partial charge in [-0.1, -0.05) is 6.07 Å². The van der Waals surface area contributed by atoms with E-state index in [1.165, 1.54) is 6.08 Å². The molecule has 116 valence electrons. The number of carbonyl (C=O) groups excluding carboxylic acids is 1. The summed E-state index contributed by atoms with van der Waals surface area (Å²) < 4.78 is 5.87. The van der Waals surface area contributed by atoms with Crippen molar-refractivity contribution in [2.75, 3.05) is 6.54 Å². The molecule has 0 radical (unpaired) electrons. The van der Waals surface area contributed by atoms with Gasteiger partial charge >= 0.3 is 0 Å². The van der Waals surface area contributed by atoms with Crippen LogP contribution in [0, 0.1) is 6.92 Å². The normalized spacial score (nSPS) is 39.0. The number of phenols is 1. The van der Waals surface area contributed by atoms with Gasteiger partial charge in [0.15, 0.2) is 23.4 Å². The highest BCUT2D eigenvalue weighted by Gasteiger charge is 2.67. The average Bonchev–Trinajstić information content (AvgIpc) is 2.85. The molecule has 0 aromatic heterocycles. The molecule has 4 rings (SSSR count). The summed E-state index contributed by atoms with van der Waals surface area (Å²) in [5.41, 5.74) is -0.382. The minimum Gasteiger partial charge on any atom is -0.504 e. The molecular weight excluding hydrogens is 282 g/mol. The summed E-state index contributed by atoms with van der Waals surface area (Å²) in [6.07, 6.45) is 2.80. The van der Waals surface area contributed by atoms with Gasteiger partial charge in [-0.15, -0.1) is 0 Å². The maximum Gasteiger partial charge on any atom is 0.196 e. The number of nitrogens with one attached hydrogen (secondary N) is 1. The van der Waals surface area contributed by atoms with Gasteiger partial charge in [-0.05, 0) is 50.6 Å². The number of hydrogen-bond acceptors (Lipinski definition) is 5. The van der Waals surface area contributed by atoms with E-state index < -0.39 is 17.1 Å². The molecule has 2 heterocycles. The highest BCUT2D eigenvalue weighted by atomic mass is 16.5. The van der Waals surface area contributed by atoms with Crippen molar-refractivity contribution < 1.29 is 19.7 Å². The zero-order chi connectivity index (χ0) is 15.7. The fourth-order valence-electron chi connectivity index (χ4n) is 4.48. The third-order valence-electron chi connectivity index (χ3n) is 5.58. The Morgan fingerprint density at radius 1 is 1.41 bits per heavy atom. The molecule has 1 aliphatic carbocycles. The molecule has 1 fully saturated rings. The van der Waals surface area contributed by atoms with Crippen molar-refractivity contribution in [2.24, 2.45) is 0 Å². The molecule has 3 aliphatic rings. The van der Waals surface area contributed by atoms with Crippen molar-refractivity contribution in [3.05, 3.63) is 35.4 Å². The molecule has 0 unspecified atom stereocenters. The number of benzene rings is 1. The van der Waals surface area contributed by atoms with Crippen LogP contribution in [0.15, 0.2) is 24.3 Å². The lowest BCUT2D eigenvalue weighted by molar-refractivity contribution is -0.136. The second-order valence-electron chi connectivity index (χ2n) is 6.56. The molecule has 5 heteroatoms. The number of ether oxygens (including phenoxy) is 1. The Bertz CT molecular complexity index is 713. The van der Waals surface area contributed by atoms with Gasteiger partial charge in [0, 0.05) is 11.6 Å². The Labute approximate surface area is 128 Å². The van der Waals surface area contributed by atoms with E-state index in [0.29, 0.717) is 18.7 Å². The zero-order valence-corrected chi connectivity index (χ0v) is 12.6. The first kappa shape index (κ1) is 13.8. The molecule has 1 spiro atoms. The molecule has 22 heavy (non-hydrogen) atoms. The van der Waals surface area contributed by atoms with Gasteiger partial charge in [-0.25, -0.2) is 0 Å². The quantitative estimate of drug-likeness (QED) is 0.665. The van der Waals surface area contributed by atoms with E-state index in [-0.39, 0.29) is 17.6 Å². The van der Waals surface area contributed by atoms with Crippen molar-refractivity contribution in [3.63, 3.8) is 0 Å². The van der Waals surface area contributed by atoms with Crippen molar-refractivity contribution in [1.82, 2.24) is 5.32 Å². The average molecular weight is 301 g/mol. The summed E-state index contributed by atoms with van der Waals surface area (Å²) >= 11 is 0. The molecule has 1 saturated heterocycles. The molecule has 0 saturated carbocycles. The number of aromatic hydroxyl groups is 1. The Kier molecular flexibility index (Phi) is 2.58. The molecule has 1 aromatic carbocycles. The molecular formula is C17H19NO4. The summed E-state index contributed by atoms with van der Waals surface area (Å²) in [7, 11) is 0. The van der Waals surface area contributed by atoms with Gasteiger partial charge in [0.05, 0.1) is 5.41 Å². The van der Waals surface area contributed by atoms with Gasteiger partial charge in [-0.3, -0.25) is 4.79 Å². The van der Waals surface area contributed by atoms with Crippen molar-refractivity contribution in [2.45, 2.75) is 43.4 Å². The molecule has 0 bridgehead atoms. The second-order valence-corrected chi connectivity index (χ2v) is 6.56. The van der Waals surface area contributed by atoms with Crippen molar-refractivity contribution in [3.8, 4) is 11.5 Å². The lowest BCUT2D eigenvalue weighted by Crippen LogP contribution is -2.71. The largest absolute Gasteiger partial charge is 0.504 e. The number of fused-ring (bicyclic) bond motifs is 1. The highest BCUT2D eigenvalue weighted by molar-refractivity contribution is 5.98. The van der Waals surface area contributed by atoms with Gasteiger partial charge in [0.2, 0.25) is 0 Å². The van der Waals surface area contributed by atoms with Gasteiger partial charge in [-0.2, -0.15) is 0 Å². The smallest absolute Gasteiger partial charge is 0.196 e. The summed E-state index contributed by atoms with van der Waals surface area (Å²) in [5.74, 6) is 0.203. The van der Waals surface area contributed by atoms with E-state index in [0.717, 1.165) is 11.1 Å². The lowest BCUT2D eigenvalue weighted by atomic mass is 9.55. The minimum atomic E-state index is -1.23. The number of rotatable bonds is 0. The molecule has 0 amide bonds. The first-order chi connectivity index (χ1) is 10.4. The third-order valence-corrected chi connectivity index (χ3v) is 5.58. The van der Waals surface area contributed by atoms with Crippen LogP contribution in [0.1, 0.15) is 24.5 Å². The first-order valence-corrected chi connectivity index (χ1v) is 7.60. The number of hydrogen-bond donors (Lipinski definition) is 3. The van der Waals surface area contributed by atoms with Crippen LogP contribution < -0.4 is 10.1 Å². The topological polar surface area (TPSA) is 78.8 Å². The third kappa shape index (κ3) is 1.34. The Hall–Kier alpha value is -1.85. The maximum atomic E-state index is 12.4. The molecule has 1 aromatic rings. The van der Waals surface area contributed by atoms with Crippen molar-refractivity contribution in [1.29, 1.82) is 0 Å². The monoisotopic (exact) mass is 301 g/mol. The van der Waals surface area contributed by atoms with E-state index in [4.69, 9.17) is 4.74 Å². The number of aryl methyl sites for hydroxylation is 1. The summed E-state index contributed by atoms with van der Waals surface area (Å²) in [6.45, 7) is 4.52. The molecule has 4 atom stereocenters. The second kappa shape index (κ2) is 4.12. The van der Waals surface area contributed by atoms with E-state index in [9.17, 15) is 15.0 Å². The maximum absolute atomic E-state index is 12.4. The van der Waals surface area contributed by atoms with E-state index in [1.54, 1.807) is 12.1 Å². The predicted molar refractivity (Wildman–Crippen MR) is 80.1 cm³/mol. The Balaban J connectivity index is 2.07. The Morgan fingerprint density at radius 3 is 2.95 bits per heavy atom. The molecule has 5 nitrogen and oxygen atoms in total. The van der Waals surface area contributed by atoms with Gasteiger partial charge in [0.25, 0.3) is 0 Å². The van der Waals surface area contributed by atoms with Crippen LogP contribution in [0.4, 0.5) is 0 Å². The lowest BCUT2D eigenvalue weighted by Gasteiger charge is -2.54. The zero-order valence-electron chi connectivity index (χ0n) is 12.6. The van der Waals surface area contributed by atoms with Gasteiger partial charge < -0.3 is 20.3 Å². The van der Waals surface area contributed by atoms with Crippen LogP contribution >= 0.6 is 0 Å². The van der Waals surface area contributed by atoms with Gasteiger partial charge in [0.1, 0.15) is 5.60 Å². The van der Waals surface area contributed by atoms with E-state index >= 15 is 0 Å². The number of aliphatic hydroxyl groups is 1. The number of phenolic OH excluding ortho intramolecular Hbond substituents is 1. The molecule has 3 N–H and O–H groups in total. The van der Waals surface area contributed by atoms with Crippen LogP contribution in [0.3, 0.4) is 0 Å². The summed E-state index contributed by atoms with van der Waals surface area (Å²) in [4.78, 5) is 12.4. The fraction of sp³-hybridized carbons (Fsp3) is 0.471. The highest BCUT2D eigenvalue weighted by Crippen LogP contribution is 2.59. The predicted octanol–water partition coefficient (Wildman–Crippen LogP) is 0.951. The summed E-state index contributed by atoms with van der Waals surface area (Å²) in [5, 5.41) is 24.9. The van der Waals surface area contributed by atoms with Crippen molar-refractivity contribution >= 4 is 5.78 Å². The number of piperidine rings is 1. The van der Waals surface area contributed by atoms with Crippen LogP contribution in [0.25, 0.3) is 0 Å². The minimum absolute atomic E-state index is 0.0192. The van der Waals surface area contributed by atoms with E-state index in [2.05, 4.69) is 5.32 Å². The summed E-state index contributed by atoms with van der Waals surface area (Å²) in [6, 6.07) is 3.16. The van der Waals surface area contributed by atoms with Crippen LogP contribution in [-0.2, 0) is 10.2 Å². The first-order valence-electron chi connectivity index (χ1n) is 7.60. The van der Waals surface area contributed by atoms with Crippen LogP contribution in [0.2, 0.25) is 0 Å². The molecule has 2 aliphatic heterocycles. The fourth-order valence-corrected chi connectivity index (χ4v) is 4.48. The number of ketones is 1. The SMILES string of the molecule is Cc1ccc(O)c2c1[C@]13CCN[C@H](C)[C@]1(O)C=CC(=O)[C@@H]3O2. The van der Waals surface area contributed by atoms with Crippen LogP contribution in [0.5, 0.6) is 11.5 Å². The van der Waals surface area contributed by atoms with E-state index in [1.807, 2.05) is 19.9 Å². The number of carbonyl (C=O) groups is 1.